The average molecular weight is 443 g/mol. The number of para-hydroxylation sites is 1. The van der Waals surface area contributed by atoms with Crippen LogP contribution in [0, 0.1) is 0 Å². The first-order valence-electron chi connectivity index (χ1n) is 9.39. The molecule has 30 heavy (non-hydrogen) atoms. The third-order valence-electron chi connectivity index (χ3n) is 4.48. The van der Waals surface area contributed by atoms with Gasteiger partial charge < -0.3 is 0 Å². The number of carbonyl (C=O) groups excluding carboxylic acids is 1. The van der Waals surface area contributed by atoms with Crippen LogP contribution >= 0.6 is 0 Å². The predicted molar refractivity (Wildman–Crippen MR) is 108 cm³/mol. The van der Waals surface area contributed by atoms with E-state index in [0.717, 1.165) is 11.6 Å². The number of amides is 1. The van der Waals surface area contributed by atoms with Crippen LogP contribution < -0.4 is 10.9 Å². The van der Waals surface area contributed by atoms with Crippen molar-refractivity contribution in [3.63, 3.8) is 0 Å². The Balaban J connectivity index is 1.93. The molecule has 2 N–H and O–H groups in total. The number of hydrazine groups is 1. The van der Waals surface area contributed by atoms with Gasteiger partial charge in [-0.25, -0.2) is 8.42 Å². The van der Waals surface area contributed by atoms with E-state index >= 15 is 0 Å². The summed E-state index contributed by atoms with van der Waals surface area (Å²) in [6, 6.07) is 11.0. The maximum absolute atomic E-state index is 13.0. The Kier molecular flexibility index (Phi) is 7.85. The van der Waals surface area contributed by atoms with E-state index in [1.807, 2.05) is 0 Å². The summed E-state index contributed by atoms with van der Waals surface area (Å²) in [5.41, 5.74) is 4.17. The molecular weight excluding hydrogens is 419 g/mol. The third kappa shape index (κ3) is 5.96. The fourth-order valence-corrected chi connectivity index (χ4v) is 4.30. The monoisotopic (exact) mass is 443 g/mol. The molecule has 2 aromatic rings. The van der Waals surface area contributed by atoms with E-state index < -0.39 is 27.7 Å². The largest absolute Gasteiger partial charge is 0.418 e. The Morgan fingerprint density at radius 3 is 2.17 bits per heavy atom. The number of anilines is 1. The summed E-state index contributed by atoms with van der Waals surface area (Å²) in [5, 5.41) is 0. The third-order valence-corrected chi connectivity index (χ3v) is 6.54. The van der Waals surface area contributed by atoms with Crippen molar-refractivity contribution in [3.8, 4) is 0 Å². The number of aryl methyl sites for hydroxylation is 1. The van der Waals surface area contributed by atoms with Crippen LogP contribution in [0.1, 0.15) is 31.4 Å². The minimum Gasteiger partial charge on any atom is -0.298 e. The van der Waals surface area contributed by atoms with Gasteiger partial charge in [0.2, 0.25) is 15.9 Å². The number of rotatable bonds is 9. The van der Waals surface area contributed by atoms with Gasteiger partial charge in [-0.2, -0.15) is 17.5 Å². The lowest BCUT2D eigenvalue weighted by Gasteiger charge is -2.18. The van der Waals surface area contributed by atoms with Gasteiger partial charge in [0.15, 0.2) is 0 Å². The van der Waals surface area contributed by atoms with E-state index in [0.29, 0.717) is 19.5 Å². The summed E-state index contributed by atoms with van der Waals surface area (Å²) in [5.74, 6) is -0.494. The van der Waals surface area contributed by atoms with Gasteiger partial charge in [0.25, 0.3) is 0 Å². The van der Waals surface area contributed by atoms with Crippen molar-refractivity contribution >= 4 is 21.6 Å². The maximum atomic E-state index is 13.0. The van der Waals surface area contributed by atoms with Gasteiger partial charge in [0.1, 0.15) is 0 Å². The second-order valence-corrected chi connectivity index (χ2v) is 8.39. The van der Waals surface area contributed by atoms with Gasteiger partial charge in [-0.3, -0.25) is 15.6 Å². The number of nitrogens with one attached hydrogen (secondary N) is 2. The number of hydrogen-bond acceptors (Lipinski definition) is 4. The van der Waals surface area contributed by atoms with Crippen molar-refractivity contribution in [3.05, 3.63) is 59.7 Å². The number of hydrogen-bond donors (Lipinski definition) is 2. The highest BCUT2D eigenvalue weighted by Crippen LogP contribution is 2.34. The molecule has 6 nitrogen and oxygen atoms in total. The molecule has 0 aromatic heterocycles. The molecular formula is C20H24F3N3O3S. The standard InChI is InChI=1S/C20H24F3N3O3S/c1-3-26(4-2)30(28,29)16-12-9-15(10-13-16)11-14-19(27)25-24-18-8-6-5-7-17(18)20(21,22)23/h5-10,12-13,24H,3-4,11,14H2,1-2H3,(H,25,27). The highest BCUT2D eigenvalue weighted by molar-refractivity contribution is 7.89. The molecule has 0 aliphatic carbocycles. The molecule has 0 unspecified atom stereocenters. The van der Waals surface area contributed by atoms with E-state index in [4.69, 9.17) is 0 Å². The molecule has 0 aliphatic rings. The minimum absolute atomic E-state index is 0.0172. The number of benzene rings is 2. The number of nitrogens with zero attached hydrogens (tertiary/aromatic N) is 1. The van der Waals surface area contributed by atoms with Gasteiger partial charge in [0, 0.05) is 19.5 Å². The lowest BCUT2D eigenvalue weighted by atomic mass is 10.1. The smallest absolute Gasteiger partial charge is 0.298 e. The van der Waals surface area contributed by atoms with Crippen LogP contribution in [0.5, 0.6) is 0 Å². The predicted octanol–water partition coefficient (Wildman–Crippen LogP) is 3.81. The molecule has 0 bridgehead atoms. The zero-order chi connectivity index (χ0) is 22.4. The van der Waals surface area contributed by atoms with E-state index in [-0.39, 0.29) is 17.0 Å². The Labute approximate surface area is 174 Å². The highest BCUT2D eigenvalue weighted by atomic mass is 32.2. The molecule has 0 saturated heterocycles. The van der Waals surface area contributed by atoms with E-state index in [9.17, 15) is 26.4 Å². The number of carbonyl (C=O) groups is 1. The lowest BCUT2D eigenvalue weighted by molar-refractivity contribution is -0.137. The van der Waals surface area contributed by atoms with E-state index in [1.165, 1.54) is 34.6 Å². The molecule has 0 saturated carbocycles. The molecule has 0 spiro atoms. The summed E-state index contributed by atoms with van der Waals surface area (Å²) in [4.78, 5) is 12.2. The van der Waals surface area contributed by atoms with Crippen LogP contribution in [0.2, 0.25) is 0 Å². The first-order valence-corrected chi connectivity index (χ1v) is 10.8. The van der Waals surface area contributed by atoms with Crippen molar-refractivity contribution in [2.45, 2.75) is 37.8 Å². The topological polar surface area (TPSA) is 78.5 Å². The average Bonchev–Trinajstić information content (AvgIpc) is 2.71. The molecule has 2 rings (SSSR count). The first kappa shape index (κ1) is 23.7. The van der Waals surface area contributed by atoms with Gasteiger partial charge in [-0.05, 0) is 36.2 Å². The Morgan fingerprint density at radius 1 is 1.00 bits per heavy atom. The molecule has 0 heterocycles. The van der Waals surface area contributed by atoms with Crippen LogP contribution in [0.4, 0.5) is 18.9 Å². The van der Waals surface area contributed by atoms with Crippen molar-refractivity contribution < 1.29 is 26.4 Å². The van der Waals surface area contributed by atoms with E-state index in [1.54, 1.807) is 26.0 Å². The quantitative estimate of drug-likeness (QED) is 0.578. The van der Waals surface area contributed by atoms with Crippen molar-refractivity contribution in [2.75, 3.05) is 18.5 Å². The molecule has 1 amide bonds. The van der Waals surface area contributed by atoms with Crippen molar-refractivity contribution in [1.29, 1.82) is 0 Å². The number of sulfonamides is 1. The van der Waals surface area contributed by atoms with E-state index in [2.05, 4.69) is 10.9 Å². The van der Waals surface area contributed by atoms with Gasteiger partial charge in [-0.1, -0.05) is 38.1 Å². The molecule has 0 radical (unpaired) electrons. The first-order chi connectivity index (χ1) is 14.1. The van der Waals surface area contributed by atoms with Crippen LogP contribution in [0.15, 0.2) is 53.4 Å². The fraction of sp³-hybridized carbons (Fsp3) is 0.350. The van der Waals surface area contributed by atoms with Crippen LogP contribution in [0.25, 0.3) is 0 Å². The van der Waals surface area contributed by atoms with Crippen molar-refractivity contribution in [2.24, 2.45) is 0 Å². The second-order valence-electron chi connectivity index (χ2n) is 6.45. The van der Waals surface area contributed by atoms with Crippen LogP contribution in [0.3, 0.4) is 0 Å². The summed E-state index contributed by atoms with van der Waals surface area (Å²) in [7, 11) is -3.55. The summed E-state index contributed by atoms with van der Waals surface area (Å²) < 4.78 is 65.1. The Hall–Kier alpha value is -2.59. The fourth-order valence-electron chi connectivity index (χ4n) is 2.84. The summed E-state index contributed by atoms with van der Waals surface area (Å²) in [6.07, 6.45) is -4.22. The Morgan fingerprint density at radius 2 is 1.60 bits per heavy atom. The number of alkyl halides is 3. The molecule has 0 aliphatic heterocycles. The normalized spacial score (nSPS) is 12.1. The maximum Gasteiger partial charge on any atom is 0.418 e. The van der Waals surface area contributed by atoms with Crippen molar-refractivity contribution in [1.82, 2.24) is 9.73 Å². The summed E-state index contributed by atoms with van der Waals surface area (Å²) >= 11 is 0. The molecule has 2 aromatic carbocycles. The van der Waals surface area contributed by atoms with Gasteiger partial charge in [-0.15, -0.1) is 0 Å². The molecule has 10 heteroatoms. The highest BCUT2D eigenvalue weighted by Gasteiger charge is 2.33. The van der Waals surface area contributed by atoms with Gasteiger partial charge >= 0.3 is 6.18 Å². The second kappa shape index (κ2) is 9.94. The van der Waals surface area contributed by atoms with Crippen LogP contribution in [-0.2, 0) is 27.4 Å². The van der Waals surface area contributed by atoms with Gasteiger partial charge in [0.05, 0.1) is 16.1 Å². The molecule has 164 valence electrons. The lowest BCUT2D eigenvalue weighted by Crippen LogP contribution is -2.31. The Bertz CT molecular complexity index is 957. The SMILES string of the molecule is CCN(CC)S(=O)(=O)c1ccc(CCC(=O)NNc2ccccc2C(F)(F)F)cc1. The molecule has 0 atom stereocenters. The minimum atomic E-state index is -4.54. The zero-order valence-electron chi connectivity index (χ0n) is 16.7. The molecule has 0 fully saturated rings. The number of halogens is 3. The zero-order valence-corrected chi connectivity index (χ0v) is 17.5. The summed E-state index contributed by atoms with van der Waals surface area (Å²) in [6.45, 7) is 4.25. The van der Waals surface area contributed by atoms with Crippen LogP contribution in [-0.4, -0.2) is 31.7 Å².